The Labute approximate surface area is 142 Å². The summed E-state index contributed by atoms with van der Waals surface area (Å²) in [5.74, 6) is -0.255. The zero-order valence-corrected chi connectivity index (χ0v) is 14.1. The lowest BCUT2D eigenvalue weighted by Crippen LogP contribution is -2.19. The standard InChI is InChI=1S/C17H15ClN2O2S/c1-22-10-9-20-14-8-7-13(18)11-15(14)23-17(20)19-16(21)12-5-3-2-4-6-12/h2-8,11H,9-10H2,1H3. The third-order valence-corrected chi connectivity index (χ3v) is 4.66. The van der Waals surface area contributed by atoms with Crippen molar-refractivity contribution in [2.75, 3.05) is 13.7 Å². The molecule has 6 heteroatoms. The molecule has 0 aliphatic heterocycles. The molecule has 0 N–H and O–H groups in total. The summed E-state index contributed by atoms with van der Waals surface area (Å²) in [6, 6.07) is 14.7. The maximum Gasteiger partial charge on any atom is 0.279 e. The van der Waals surface area contributed by atoms with E-state index in [4.69, 9.17) is 16.3 Å². The van der Waals surface area contributed by atoms with Gasteiger partial charge < -0.3 is 9.30 Å². The number of carbonyl (C=O) groups is 1. The van der Waals surface area contributed by atoms with Crippen LogP contribution in [0, 0.1) is 0 Å². The zero-order chi connectivity index (χ0) is 16.2. The molecule has 118 valence electrons. The summed E-state index contributed by atoms with van der Waals surface area (Å²) in [7, 11) is 1.65. The van der Waals surface area contributed by atoms with Crippen LogP contribution >= 0.6 is 22.9 Å². The number of thiazole rings is 1. The first-order valence-electron chi connectivity index (χ1n) is 7.11. The highest BCUT2D eigenvalue weighted by molar-refractivity contribution is 7.16. The molecule has 0 aliphatic carbocycles. The molecule has 0 saturated heterocycles. The quantitative estimate of drug-likeness (QED) is 0.722. The van der Waals surface area contributed by atoms with Gasteiger partial charge in [-0.05, 0) is 30.3 Å². The van der Waals surface area contributed by atoms with Gasteiger partial charge in [0.25, 0.3) is 5.91 Å². The summed E-state index contributed by atoms with van der Waals surface area (Å²) in [5.41, 5.74) is 1.57. The molecule has 0 spiro atoms. The van der Waals surface area contributed by atoms with Crippen LogP contribution in [0.5, 0.6) is 0 Å². The van der Waals surface area contributed by atoms with Crippen molar-refractivity contribution in [2.45, 2.75) is 6.54 Å². The second kappa shape index (κ2) is 7.08. The Morgan fingerprint density at radius 1 is 1.26 bits per heavy atom. The summed E-state index contributed by atoms with van der Waals surface area (Å²) in [6.07, 6.45) is 0. The van der Waals surface area contributed by atoms with E-state index in [0.29, 0.717) is 28.5 Å². The van der Waals surface area contributed by atoms with E-state index in [9.17, 15) is 4.79 Å². The van der Waals surface area contributed by atoms with E-state index in [1.54, 1.807) is 19.2 Å². The van der Waals surface area contributed by atoms with Crippen LogP contribution in [0.4, 0.5) is 0 Å². The highest BCUT2D eigenvalue weighted by atomic mass is 35.5. The Morgan fingerprint density at radius 3 is 2.78 bits per heavy atom. The molecule has 0 bridgehead atoms. The molecule has 1 aromatic heterocycles. The van der Waals surface area contributed by atoms with Crippen LogP contribution < -0.4 is 4.80 Å². The van der Waals surface area contributed by atoms with Gasteiger partial charge in [0.15, 0.2) is 4.80 Å². The molecule has 0 atom stereocenters. The fourth-order valence-corrected chi connectivity index (χ4v) is 3.59. The van der Waals surface area contributed by atoms with E-state index in [1.165, 1.54) is 11.3 Å². The zero-order valence-electron chi connectivity index (χ0n) is 12.5. The Morgan fingerprint density at radius 2 is 2.04 bits per heavy atom. The summed E-state index contributed by atoms with van der Waals surface area (Å²) >= 11 is 7.51. The minimum atomic E-state index is -0.255. The highest BCUT2D eigenvalue weighted by Crippen LogP contribution is 2.22. The molecule has 0 fully saturated rings. The van der Waals surface area contributed by atoms with Crippen LogP contribution in [0.2, 0.25) is 5.02 Å². The van der Waals surface area contributed by atoms with Gasteiger partial charge in [0.05, 0.1) is 16.8 Å². The molecule has 23 heavy (non-hydrogen) atoms. The van der Waals surface area contributed by atoms with Gasteiger partial charge in [-0.3, -0.25) is 4.79 Å². The summed E-state index contributed by atoms with van der Waals surface area (Å²) < 4.78 is 8.14. The van der Waals surface area contributed by atoms with Crippen molar-refractivity contribution < 1.29 is 9.53 Å². The minimum Gasteiger partial charge on any atom is -0.383 e. The molecular formula is C17H15ClN2O2S. The highest BCUT2D eigenvalue weighted by Gasteiger charge is 2.09. The Bertz CT molecular complexity index is 900. The molecule has 1 amide bonds. The van der Waals surface area contributed by atoms with Crippen molar-refractivity contribution in [1.29, 1.82) is 0 Å². The molecule has 0 unspecified atom stereocenters. The van der Waals surface area contributed by atoms with Crippen molar-refractivity contribution in [1.82, 2.24) is 4.57 Å². The third kappa shape index (κ3) is 3.52. The van der Waals surface area contributed by atoms with Crippen molar-refractivity contribution in [3.63, 3.8) is 0 Å². The number of carbonyl (C=O) groups excluding carboxylic acids is 1. The van der Waals surface area contributed by atoms with Crippen molar-refractivity contribution in [3.8, 4) is 0 Å². The average Bonchev–Trinajstić information content (AvgIpc) is 2.89. The number of amides is 1. The number of nitrogens with zero attached hydrogens (tertiary/aromatic N) is 2. The molecule has 1 heterocycles. The van der Waals surface area contributed by atoms with Gasteiger partial charge in [-0.25, -0.2) is 0 Å². The fraction of sp³-hybridized carbons (Fsp3) is 0.176. The van der Waals surface area contributed by atoms with Crippen molar-refractivity contribution >= 4 is 39.1 Å². The Hall–Kier alpha value is -1.95. The number of aromatic nitrogens is 1. The van der Waals surface area contributed by atoms with Gasteiger partial charge in [0.2, 0.25) is 0 Å². The Balaban J connectivity index is 2.11. The van der Waals surface area contributed by atoms with E-state index in [2.05, 4.69) is 4.99 Å². The van der Waals surface area contributed by atoms with Crippen LogP contribution in [0.15, 0.2) is 53.5 Å². The first-order chi connectivity index (χ1) is 11.2. The van der Waals surface area contributed by atoms with Crippen molar-refractivity contribution in [3.05, 3.63) is 63.9 Å². The third-order valence-electron chi connectivity index (χ3n) is 3.38. The fourth-order valence-electron chi connectivity index (χ4n) is 2.26. The van der Waals surface area contributed by atoms with E-state index in [0.717, 1.165) is 10.2 Å². The molecule has 3 aromatic rings. The van der Waals surface area contributed by atoms with E-state index in [1.807, 2.05) is 41.0 Å². The molecule has 4 nitrogen and oxygen atoms in total. The van der Waals surface area contributed by atoms with Gasteiger partial charge in [-0.2, -0.15) is 4.99 Å². The molecule has 0 saturated carbocycles. The van der Waals surface area contributed by atoms with Crippen molar-refractivity contribution in [2.24, 2.45) is 4.99 Å². The van der Waals surface area contributed by atoms with Gasteiger partial charge in [0, 0.05) is 24.2 Å². The lowest BCUT2D eigenvalue weighted by atomic mass is 10.2. The van der Waals surface area contributed by atoms with E-state index >= 15 is 0 Å². The van der Waals surface area contributed by atoms with Crippen LogP contribution in [-0.2, 0) is 11.3 Å². The number of rotatable bonds is 4. The van der Waals surface area contributed by atoms with Gasteiger partial charge in [-0.15, -0.1) is 0 Å². The molecule has 0 aliphatic rings. The summed E-state index contributed by atoms with van der Waals surface area (Å²) in [6.45, 7) is 1.17. The number of fused-ring (bicyclic) bond motifs is 1. The van der Waals surface area contributed by atoms with E-state index in [-0.39, 0.29) is 5.91 Å². The van der Waals surface area contributed by atoms with Gasteiger partial charge in [-0.1, -0.05) is 41.1 Å². The van der Waals surface area contributed by atoms with E-state index < -0.39 is 0 Å². The predicted molar refractivity (Wildman–Crippen MR) is 93.0 cm³/mol. The molecule has 3 rings (SSSR count). The molecular weight excluding hydrogens is 332 g/mol. The maximum atomic E-state index is 12.4. The average molecular weight is 347 g/mol. The predicted octanol–water partition coefficient (Wildman–Crippen LogP) is 3.74. The summed E-state index contributed by atoms with van der Waals surface area (Å²) in [4.78, 5) is 17.3. The Kier molecular flexibility index (Phi) is 4.91. The van der Waals surface area contributed by atoms with Crippen LogP contribution in [0.25, 0.3) is 10.2 Å². The smallest absolute Gasteiger partial charge is 0.279 e. The monoisotopic (exact) mass is 346 g/mol. The number of halogens is 1. The topological polar surface area (TPSA) is 43.6 Å². The largest absolute Gasteiger partial charge is 0.383 e. The second-order valence-electron chi connectivity index (χ2n) is 4.92. The molecule has 0 radical (unpaired) electrons. The first kappa shape index (κ1) is 15.9. The number of hydrogen-bond acceptors (Lipinski definition) is 3. The lowest BCUT2D eigenvalue weighted by Gasteiger charge is -2.04. The SMILES string of the molecule is COCCn1c(=NC(=O)c2ccccc2)sc2cc(Cl)ccc21. The normalized spacial score (nSPS) is 12.0. The van der Waals surface area contributed by atoms with Crippen LogP contribution in [0.3, 0.4) is 0 Å². The number of hydrogen-bond donors (Lipinski definition) is 0. The minimum absolute atomic E-state index is 0.255. The number of methoxy groups -OCH3 is 1. The van der Waals surface area contributed by atoms with Gasteiger partial charge >= 0.3 is 0 Å². The second-order valence-corrected chi connectivity index (χ2v) is 6.37. The summed E-state index contributed by atoms with van der Waals surface area (Å²) in [5, 5.41) is 0.665. The number of benzene rings is 2. The molecule has 2 aromatic carbocycles. The maximum absolute atomic E-state index is 12.4. The lowest BCUT2D eigenvalue weighted by molar-refractivity contribution is 0.0997. The van der Waals surface area contributed by atoms with Gasteiger partial charge in [0.1, 0.15) is 0 Å². The number of ether oxygens (including phenoxy) is 1. The van der Waals surface area contributed by atoms with Crippen LogP contribution in [-0.4, -0.2) is 24.2 Å². The first-order valence-corrected chi connectivity index (χ1v) is 8.30. The van der Waals surface area contributed by atoms with Crippen LogP contribution in [0.1, 0.15) is 10.4 Å².